The zero-order chi connectivity index (χ0) is 19.2. The number of ether oxygens (including phenoxy) is 2. The minimum Gasteiger partial charge on any atom is -0.497 e. The lowest BCUT2D eigenvalue weighted by atomic mass is 10.0. The number of halogens is 1. The molecule has 3 rings (SSSR count). The minimum atomic E-state index is -0.0904. The van der Waals surface area contributed by atoms with Crippen molar-refractivity contribution in [1.29, 1.82) is 0 Å². The molecule has 27 heavy (non-hydrogen) atoms. The molecule has 0 aliphatic carbocycles. The Morgan fingerprint density at radius 2 is 2.11 bits per heavy atom. The van der Waals surface area contributed by atoms with Gasteiger partial charge in [0.05, 0.1) is 26.5 Å². The molecule has 6 nitrogen and oxygen atoms in total. The number of nitrogens with one attached hydrogen (secondary N) is 2. The van der Waals surface area contributed by atoms with Crippen LogP contribution in [0, 0.1) is 0 Å². The predicted molar refractivity (Wildman–Crippen MR) is 107 cm³/mol. The van der Waals surface area contributed by atoms with Crippen LogP contribution < -0.4 is 20.1 Å². The summed E-state index contributed by atoms with van der Waals surface area (Å²) in [4.78, 5) is 14.8. The number of benzene rings is 2. The maximum absolute atomic E-state index is 12.7. The van der Waals surface area contributed by atoms with Crippen LogP contribution in [0.5, 0.6) is 11.5 Å². The van der Waals surface area contributed by atoms with Crippen LogP contribution >= 0.6 is 11.6 Å². The molecular weight excluding hydrogens is 366 g/mol. The van der Waals surface area contributed by atoms with Crippen LogP contribution in [0.15, 0.2) is 42.5 Å². The van der Waals surface area contributed by atoms with E-state index in [1.165, 1.54) is 0 Å². The molecule has 1 amide bonds. The van der Waals surface area contributed by atoms with Gasteiger partial charge in [-0.2, -0.15) is 0 Å². The Morgan fingerprint density at radius 3 is 2.85 bits per heavy atom. The van der Waals surface area contributed by atoms with E-state index in [-0.39, 0.29) is 18.5 Å². The van der Waals surface area contributed by atoms with Crippen molar-refractivity contribution in [2.75, 3.05) is 45.7 Å². The largest absolute Gasteiger partial charge is 0.497 e. The van der Waals surface area contributed by atoms with Crippen molar-refractivity contribution in [2.45, 2.75) is 6.04 Å². The molecular formula is C20H24ClN3O3. The van der Waals surface area contributed by atoms with Crippen molar-refractivity contribution >= 4 is 23.2 Å². The van der Waals surface area contributed by atoms with Crippen LogP contribution in [0.4, 0.5) is 5.69 Å². The molecule has 1 aliphatic rings. The van der Waals surface area contributed by atoms with Gasteiger partial charge in [0.1, 0.15) is 11.5 Å². The van der Waals surface area contributed by atoms with E-state index >= 15 is 0 Å². The molecule has 2 N–H and O–H groups in total. The molecule has 1 atom stereocenters. The molecule has 1 saturated heterocycles. The molecule has 2 aromatic carbocycles. The Bertz CT molecular complexity index is 800. The zero-order valence-electron chi connectivity index (χ0n) is 15.5. The number of hydrogen-bond acceptors (Lipinski definition) is 5. The first-order valence-corrected chi connectivity index (χ1v) is 9.20. The Balaban J connectivity index is 1.70. The summed E-state index contributed by atoms with van der Waals surface area (Å²) >= 11 is 6.14. The quantitative estimate of drug-likeness (QED) is 0.795. The Morgan fingerprint density at radius 1 is 1.26 bits per heavy atom. The van der Waals surface area contributed by atoms with Crippen LogP contribution in [-0.2, 0) is 4.79 Å². The second-order valence-corrected chi connectivity index (χ2v) is 6.80. The second kappa shape index (κ2) is 9.08. The van der Waals surface area contributed by atoms with E-state index in [2.05, 4.69) is 15.5 Å². The minimum absolute atomic E-state index is 0.0904. The standard InChI is InChI=1S/C20H24ClN3O3/c1-26-16-6-7-17(19(11-16)27-2)23-20(25)13-24-9-8-22-12-18(24)14-4-3-5-15(21)10-14/h3-7,10-11,18,22H,8-9,12-13H2,1-2H3,(H,23,25). The van der Waals surface area contributed by atoms with E-state index in [4.69, 9.17) is 21.1 Å². The predicted octanol–water partition coefficient (Wildman–Crippen LogP) is 2.94. The van der Waals surface area contributed by atoms with Crippen LogP contribution in [0.3, 0.4) is 0 Å². The van der Waals surface area contributed by atoms with E-state index in [0.717, 1.165) is 25.2 Å². The molecule has 1 aliphatic heterocycles. The smallest absolute Gasteiger partial charge is 0.238 e. The Hall–Kier alpha value is -2.28. The summed E-state index contributed by atoms with van der Waals surface area (Å²) in [5, 5.41) is 7.02. The van der Waals surface area contributed by atoms with E-state index in [9.17, 15) is 4.79 Å². The van der Waals surface area contributed by atoms with Gasteiger partial charge in [-0.05, 0) is 29.8 Å². The normalized spacial score (nSPS) is 17.4. The van der Waals surface area contributed by atoms with Crippen molar-refractivity contribution in [3.63, 3.8) is 0 Å². The third-order valence-electron chi connectivity index (χ3n) is 4.62. The summed E-state index contributed by atoms with van der Waals surface area (Å²) in [6, 6.07) is 13.2. The lowest BCUT2D eigenvalue weighted by molar-refractivity contribution is -0.118. The topological polar surface area (TPSA) is 62.8 Å². The number of amides is 1. The summed E-state index contributed by atoms with van der Waals surface area (Å²) in [5.41, 5.74) is 1.72. The molecule has 144 valence electrons. The van der Waals surface area contributed by atoms with E-state index in [0.29, 0.717) is 22.2 Å². The van der Waals surface area contributed by atoms with Crippen molar-refractivity contribution in [2.24, 2.45) is 0 Å². The van der Waals surface area contributed by atoms with Crippen LogP contribution in [0.25, 0.3) is 0 Å². The number of anilines is 1. The Kier molecular flexibility index (Phi) is 6.55. The lowest BCUT2D eigenvalue weighted by Crippen LogP contribution is -2.48. The molecule has 1 fully saturated rings. The highest BCUT2D eigenvalue weighted by molar-refractivity contribution is 6.30. The van der Waals surface area contributed by atoms with Crippen molar-refractivity contribution in [1.82, 2.24) is 10.2 Å². The van der Waals surface area contributed by atoms with Gasteiger partial charge in [-0.25, -0.2) is 0 Å². The number of nitrogens with zero attached hydrogens (tertiary/aromatic N) is 1. The number of rotatable bonds is 6. The van der Waals surface area contributed by atoms with E-state index < -0.39 is 0 Å². The highest BCUT2D eigenvalue weighted by Crippen LogP contribution is 2.29. The van der Waals surface area contributed by atoms with Crippen LogP contribution in [0.1, 0.15) is 11.6 Å². The number of hydrogen-bond donors (Lipinski definition) is 2. The van der Waals surface area contributed by atoms with Gasteiger partial charge in [-0.3, -0.25) is 9.69 Å². The average Bonchev–Trinajstić information content (AvgIpc) is 2.68. The molecule has 2 aromatic rings. The van der Waals surface area contributed by atoms with Gasteiger partial charge in [0.25, 0.3) is 0 Å². The van der Waals surface area contributed by atoms with Crippen molar-refractivity contribution in [3.8, 4) is 11.5 Å². The zero-order valence-corrected chi connectivity index (χ0v) is 16.3. The number of methoxy groups -OCH3 is 2. The summed E-state index contributed by atoms with van der Waals surface area (Å²) in [6.07, 6.45) is 0. The third-order valence-corrected chi connectivity index (χ3v) is 4.85. The maximum atomic E-state index is 12.7. The molecule has 0 spiro atoms. The molecule has 1 unspecified atom stereocenters. The average molecular weight is 390 g/mol. The molecule has 1 heterocycles. The van der Waals surface area contributed by atoms with Gasteiger partial charge in [0, 0.05) is 36.8 Å². The van der Waals surface area contributed by atoms with Crippen molar-refractivity contribution < 1.29 is 14.3 Å². The third kappa shape index (κ3) is 4.91. The number of carbonyl (C=O) groups is 1. The van der Waals surface area contributed by atoms with Crippen LogP contribution in [0.2, 0.25) is 5.02 Å². The Labute approximate surface area is 164 Å². The first-order valence-electron chi connectivity index (χ1n) is 8.83. The molecule has 0 saturated carbocycles. The van der Waals surface area contributed by atoms with Gasteiger partial charge >= 0.3 is 0 Å². The van der Waals surface area contributed by atoms with E-state index in [1.54, 1.807) is 32.4 Å². The highest BCUT2D eigenvalue weighted by Gasteiger charge is 2.26. The number of piperazine rings is 1. The second-order valence-electron chi connectivity index (χ2n) is 6.36. The SMILES string of the molecule is COc1ccc(NC(=O)CN2CCNCC2c2cccc(Cl)c2)c(OC)c1. The number of carbonyl (C=O) groups excluding carboxylic acids is 1. The molecule has 0 radical (unpaired) electrons. The first-order chi connectivity index (χ1) is 13.1. The van der Waals surface area contributed by atoms with Crippen molar-refractivity contribution in [3.05, 3.63) is 53.1 Å². The van der Waals surface area contributed by atoms with Gasteiger partial charge < -0.3 is 20.1 Å². The fourth-order valence-electron chi connectivity index (χ4n) is 3.25. The molecule has 0 aromatic heterocycles. The summed E-state index contributed by atoms with van der Waals surface area (Å²) in [5.74, 6) is 1.15. The van der Waals surface area contributed by atoms with Gasteiger partial charge in [-0.15, -0.1) is 0 Å². The fourth-order valence-corrected chi connectivity index (χ4v) is 3.45. The van der Waals surface area contributed by atoms with Gasteiger partial charge in [0.2, 0.25) is 5.91 Å². The summed E-state index contributed by atoms with van der Waals surface area (Å²) < 4.78 is 10.5. The summed E-state index contributed by atoms with van der Waals surface area (Å²) in [6.45, 7) is 2.69. The van der Waals surface area contributed by atoms with Gasteiger partial charge in [-0.1, -0.05) is 23.7 Å². The van der Waals surface area contributed by atoms with Crippen LogP contribution in [-0.4, -0.2) is 51.2 Å². The lowest BCUT2D eigenvalue weighted by Gasteiger charge is -2.36. The first kappa shape index (κ1) is 19.5. The van der Waals surface area contributed by atoms with E-state index in [1.807, 2.05) is 24.3 Å². The van der Waals surface area contributed by atoms with Gasteiger partial charge in [0.15, 0.2) is 0 Å². The summed E-state index contributed by atoms with van der Waals surface area (Å²) in [7, 11) is 3.16. The fraction of sp³-hybridized carbons (Fsp3) is 0.350. The monoisotopic (exact) mass is 389 g/mol. The highest BCUT2D eigenvalue weighted by atomic mass is 35.5. The molecule has 7 heteroatoms. The maximum Gasteiger partial charge on any atom is 0.238 e. The molecule has 0 bridgehead atoms.